The van der Waals surface area contributed by atoms with E-state index >= 15 is 0 Å². The number of halogens is 2. The smallest absolute Gasteiger partial charge is 0.341 e. The molecule has 0 spiro atoms. The molecule has 0 saturated carbocycles. The number of methoxy groups -OCH3 is 1. The van der Waals surface area contributed by atoms with Gasteiger partial charge in [-0.05, 0) is 46.2 Å². The molecule has 0 aromatic heterocycles. The number of ether oxygens (including phenoxy) is 1. The highest BCUT2D eigenvalue weighted by molar-refractivity contribution is 9.10. The molecular formula is C14H20BrFO3Si. The van der Waals surface area contributed by atoms with Gasteiger partial charge < -0.3 is 9.16 Å². The van der Waals surface area contributed by atoms with Crippen LogP contribution in [0, 0.1) is 5.82 Å². The minimum atomic E-state index is -2.05. The van der Waals surface area contributed by atoms with E-state index in [4.69, 9.17) is 4.43 Å². The zero-order chi connectivity index (χ0) is 15.7. The van der Waals surface area contributed by atoms with Crippen LogP contribution in [0.4, 0.5) is 4.39 Å². The van der Waals surface area contributed by atoms with Crippen LogP contribution in [0.1, 0.15) is 31.1 Å². The molecule has 0 aliphatic heterocycles. The average molecular weight is 363 g/mol. The molecule has 0 amide bonds. The van der Waals surface area contributed by atoms with E-state index in [0.717, 1.165) is 0 Å². The molecule has 1 rings (SSSR count). The molecule has 0 aliphatic rings. The first-order chi connectivity index (χ1) is 8.99. The van der Waals surface area contributed by atoms with Crippen molar-refractivity contribution in [3.05, 3.63) is 28.0 Å². The first-order valence-electron chi connectivity index (χ1n) is 6.26. The molecule has 0 bridgehead atoms. The zero-order valence-corrected chi connectivity index (χ0v) is 15.2. The van der Waals surface area contributed by atoms with Crippen molar-refractivity contribution in [1.29, 1.82) is 0 Å². The number of hydrogen-bond donors (Lipinski definition) is 0. The molecule has 0 heterocycles. The van der Waals surface area contributed by atoms with Crippen molar-refractivity contribution in [3.63, 3.8) is 0 Å². The summed E-state index contributed by atoms with van der Waals surface area (Å²) in [6.45, 7) is 10.5. The highest BCUT2D eigenvalue weighted by Crippen LogP contribution is 2.38. The maximum atomic E-state index is 13.9. The van der Waals surface area contributed by atoms with Gasteiger partial charge in [0.05, 0.1) is 11.6 Å². The molecule has 1 aromatic carbocycles. The van der Waals surface area contributed by atoms with Gasteiger partial charge in [-0.3, -0.25) is 0 Å². The predicted octanol–water partition coefficient (Wildman–Crippen LogP) is 4.76. The van der Waals surface area contributed by atoms with Gasteiger partial charge in [0.25, 0.3) is 0 Å². The van der Waals surface area contributed by atoms with Gasteiger partial charge >= 0.3 is 5.97 Å². The van der Waals surface area contributed by atoms with Crippen LogP contribution < -0.4 is 4.43 Å². The van der Waals surface area contributed by atoms with Crippen molar-refractivity contribution in [3.8, 4) is 5.75 Å². The third kappa shape index (κ3) is 3.61. The minimum Gasteiger partial charge on any atom is -0.543 e. The summed E-state index contributed by atoms with van der Waals surface area (Å²) >= 11 is 3.11. The lowest BCUT2D eigenvalue weighted by atomic mass is 10.2. The summed E-state index contributed by atoms with van der Waals surface area (Å²) in [4.78, 5) is 11.6. The molecule has 1 aromatic rings. The Labute approximate surface area is 128 Å². The van der Waals surface area contributed by atoms with Crippen LogP contribution in [-0.2, 0) is 4.74 Å². The SMILES string of the molecule is COC(=O)c1cc(O[Si](C)(C)C(C)(C)C)cc(Br)c1F. The molecular weight excluding hydrogens is 343 g/mol. The summed E-state index contributed by atoms with van der Waals surface area (Å²) in [5, 5.41) is 0.0132. The van der Waals surface area contributed by atoms with Crippen LogP contribution >= 0.6 is 15.9 Å². The van der Waals surface area contributed by atoms with Gasteiger partial charge in [-0.25, -0.2) is 9.18 Å². The average Bonchev–Trinajstić information content (AvgIpc) is 2.30. The molecule has 112 valence electrons. The van der Waals surface area contributed by atoms with Crippen LogP contribution in [0.25, 0.3) is 0 Å². The van der Waals surface area contributed by atoms with E-state index in [-0.39, 0.29) is 15.1 Å². The third-order valence-corrected chi connectivity index (χ3v) is 8.52. The number of esters is 1. The van der Waals surface area contributed by atoms with Gasteiger partial charge in [0.1, 0.15) is 11.3 Å². The van der Waals surface area contributed by atoms with Gasteiger partial charge in [0, 0.05) is 0 Å². The standard InChI is InChI=1S/C14H20BrFO3Si/c1-14(2,3)20(5,6)19-9-7-10(13(17)18-4)12(16)11(15)8-9/h7-8H,1-6H3. The van der Waals surface area contributed by atoms with E-state index in [1.165, 1.54) is 13.2 Å². The monoisotopic (exact) mass is 362 g/mol. The molecule has 0 unspecified atom stereocenters. The van der Waals surface area contributed by atoms with Crippen LogP contribution in [0.3, 0.4) is 0 Å². The second-order valence-corrected chi connectivity index (χ2v) is 11.7. The first-order valence-corrected chi connectivity index (χ1v) is 9.96. The molecule has 0 aliphatic carbocycles. The number of carbonyl (C=O) groups excluding carboxylic acids is 1. The van der Waals surface area contributed by atoms with Crippen molar-refractivity contribution in [1.82, 2.24) is 0 Å². The molecule has 0 radical (unpaired) electrons. The van der Waals surface area contributed by atoms with Crippen LogP contribution in [0.5, 0.6) is 5.75 Å². The fourth-order valence-electron chi connectivity index (χ4n) is 1.33. The second kappa shape index (κ2) is 5.85. The number of rotatable bonds is 3. The summed E-state index contributed by atoms with van der Waals surface area (Å²) in [5.41, 5.74) is -0.129. The van der Waals surface area contributed by atoms with E-state index in [9.17, 15) is 9.18 Å². The lowest BCUT2D eigenvalue weighted by Gasteiger charge is -2.36. The van der Waals surface area contributed by atoms with Gasteiger partial charge in [0.15, 0.2) is 5.82 Å². The Bertz CT molecular complexity index is 524. The highest BCUT2D eigenvalue weighted by atomic mass is 79.9. The van der Waals surface area contributed by atoms with Crippen molar-refractivity contribution in [2.45, 2.75) is 38.9 Å². The van der Waals surface area contributed by atoms with E-state index in [1.54, 1.807) is 6.07 Å². The van der Waals surface area contributed by atoms with Crippen molar-refractivity contribution in [2.75, 3.05) is 7.11 Å². The topological polar surface area (TPSA) is 35.5 Å². The fourth-order valence-corrected chi connectivity index (χ4v) is 2.78. The Morgan fingerprint density at radius 3 is 2.30 bits per heavy atom. The lowest BCUT2D eigenvalue weighted by Crippen LogP contribution is -2.43. The Hall–Kier alpha value is -0.883. The van der Waals surface area contributed by atoms with Crippen LogP contribution in [0.15, 0.2) is 16.6 Å². The van der Waals surface area contributed by atoms with Crippen molar-refractivity contribution in [2.24, 2.45) is 0 Å². The molecule has 0 fully saturated rings. The van der Waals surface area contributed by atoms with E-state index < -0.39 is 20.1 Å². The normalized spacial score (nSPS) is 12.2. The Kier molecular flexibility index (Phi) is 5.02. The maximum Gasteiger partial charge on any atom is 0.341 e. The van der Waals surface area contributed by atoms with Gasteiger partial charge in [0.2, 0.25) is 8.32 Å². The minimum absolute atomic E-state index is 0.0132. The second-order valence-electron chi connectivity index (χ2n) is 6.12. The third-order valence-electron chi connectivity index (χ3n) is 3.59. The predicted molar refractivity (Wildman–Crippen MR) is 83.3 cm³/mol. The van der Waals surface area contributed by atoms with Gasteiger partial charge in [-0.2, -0.15) is 0 Å². The molecule has 6 heteroatoms. The quantitative estimate of drug-likeness (QED) is 0.574. The summed E-state index contributed by atoms with van der Waals surface area (Å²) < 4.78 is 24.7. The fraction of sp³-hybridized carbons (Fsp3) is 0.500. The summed E-state index contributed by atoms with van der Waals surface area (Å²) in [6, 6.07) is 2.94. The largest absolute Gasteiger partial charge is 0.543 e. The van der Waals surface area contributed by atoms with Crippen LogP contribution in [-0.4, -0.2) is 21.4 Å². The highest BCUT2D eigenvalue weighted by Gasteiger charge is 2.39. The number of benzene rings is 1. The van der Waals surface area contributed by atoms with Crippen molar-refractivity contribution < 1.29 is 18.3 Å². The van der Waals surface area contributed by atoms with Gasteiger partial charge in [-0.1, -0.05) is 20.8 Å². The summed E-state index contributed by atoms with van der Waals surface area (Å²) in [5.74, 6) is -0.881. The number of hydrogen-bond acceptors (Lipinski definition) is 3. The first kappa shape index (κ1) is 17.2. The molecule has 0 N–H and O–H groups in total. The maximum absolute atomic E-state index is 13.9. The Balaban J connectivity index is 3.22. The Morgan fingerprint density at radius 1 is 1.30 bits per heavy atom. The van der Waals surface area contributed by atoms with E-state index in [2.05, 4.69) is 54.5 Å². The van der Waals surface area contributed by atoms with Gasteiger partial charge in [-0.15, -0.1) is 0 Å². The van der Waals surface area contributed by atoms with E-state index in [1.807, 2.05) is 0 Å². The van der Waals surface area contributed by atoms with E-state index in [0.29, 0.717) is 5.75 Å². The lowest BCUT2D eigenvalue weighted by molar-refractivity contribution is 0.0595. The molecule has 0 atom stereocenters. The summed E-state index contributed by atoms with van der Waals surface area (Å²) in [7, 11) is -0.830. The van der Waals surface area contributed by atoms with Crippen molar-refractivity contribution >= 4 is 30.2 Å². The molecule has 20 heavy (non-hydrogen) atoms. The Morgan fingerprint density at radius 2 is 1.85 bits per heavy atom. The summed E-state index contributed by atoms with van der Waals surface area (Å²) in [6.07, 6.45) is 0. The molecule has 0 saturated heterocycles. The molecule has 3 nitrogen and oxygen atoms in total. The van der Waals surface area contributed by atoms with Crippen LogP contribution in [0.2, 0.25) is 18.1 Å². The zero-order valence-electron chi connectivity index (χ0n) is 12.6. The number of carbonyl (C=O) groups is 1.